The molecule has 0 aliphatic carbocycles. The third-order valence-electron chi connectivity index (χ3n) is 4.07. The van der Waals surface area contributed by atoms with E-state index >= 15 is 0 Å². The predicted molar refractivity (Wildman–Crippen MR) is 105 cm³/mol. The molecule has 0 unspecified atom stereocenters. The number of rotatable bonds is 7. The van der Waals surface area contributed by atoms with Crippen LogP contribution in [0.3, 0.4) is 0 Å². The van der Waals surface area contributed by atoms with E-state index in [0.29, 0.717) is 12.2 Å². The maximum atomic E-state index is 12.7. The first-order valence-electron chi connectivity index (χ1n) is 8.42. The quantitative estimate of drug-likeness (QED) is 0.688. The van der Waals surface area contributed by atoms with Gasteiger partial charge in [0.2, 0.25) is 0 Å². The molecule has 2 aromatic carbocycles. The lowest BCUT2D eigenvalue weighted by Crippen LogP contribution is -2.25. The van der Waals surface area contributed by atoms with Crippen LogP contribution in [0, 0.1) is 13.8 Å². The third-order valence-corrected chi connectivity index (χ3v) is 5.78. The molecule has 0 radical (unpaired) electrons. The summed E-state index contributed by atoms with van der Waals surface area (Å²) in [5.74, 6) is -0.383. The fourth-order valence-corrected chi connectivity index (χ4v) is 3.62. The molecule has 0 fully saturated rings. The van der Waals surface area contributed by atoms with E-state index < -0.39 is 10.0 Å². The van der Waals surface area contributed by atoms with Gasteiger partial charge in [-0.1, -0.05) is 31.0 Å². The van der Waals surface area contributed by atoms with Crippen molar-refractivity contribution < 1.29 is 13.2 Å². The number of benzene rings is 2. The molecule has 26 heavy (non-hydrogen) atoms. The largest absolute Gasteiger partial charge is 0.352 e. The zero-order valence-electron chi connectivity index (χ0n) is 15.1. The van der Waals surface area contributed by atoms with E-state index in [-0.39, 0.29) is 21.4 Å². The number of nitrogens with one attached hydrogen (secondary N) is 2. The summed E-state index contributed by atoms with van der Waals surface area (Å²) in [6.45, 7) is 6.40. The lowest BCUT2D eigenvalue weighted by atomic mass is 10.1. The molecule has 5 nitrogen and oxygen atoms in total. The Hall–Kier alpha value is -2.05. The van der Waals surface area contributed by atoms with Crippen molar-refractivity contribution >= 4 is 33.2 Å². The lowest BCUT2D eigenvalue weighted by Gasteiger charge is -2.12. The summed E-state index contributed by atoms with van der Waals surface area (Å²) in [5.41, 5.74) is 2.67. The Morgan fingerprint density at radius 2 is 1.81 bits per heavy atom. The van der Waals surface area contributed by atoms with Gasteiger partial charge in [0.05, 0.1) is 15.5 Å². The van der Waals surface area contributed by atoms with Crippen molar-refractivity contribution in [2.24, 2.45) is 0 Å². The smallest absolute Gasteiger partial charge is 0.261 e. The molecule has 0 atom stereocenters. The van der Waals surface area contributed by atoms with Gasteiger partial charge < -0.3 is 5.32 Å². The first-order valence-corrected chi connectivity index (χ1v) is 10.3. The Labute approximate surface area is 159 Å². The second-order valence-electron chi connectivity index (χ2n) is 6.16. The molecule has 2 aromatic rings. The molecule has 2 N–H and O–H groups in total. The average Bonchev–Trinajstić information content (AvgIpc) is 2.58. The molecule has 0 saturated heterocycles. The molecular weight excluding hydrogens is 372 g/mol. The molecule has 0 heterocycles. The molecular formula is C19H23ClN2O3S. The summed E-state index contributed by atoms with van der Waals surface area (Å²) in [7, 11) is -3.83. The number of carbonyl (C=O) groups excluding carboxylic acids is 1. The maximum Gasteiger partial charge on any atom is 0.261 e. The number of sulfonamides is 1. The molecule has 0 aliphatic heterocycles. The van der Waals surface area contributed by atoms with Gasteiger partial charge in [-0.15, -0.1) is 0 Å². The third kappa shape index (κ3) is 4.99. The van der Waals surface area contributed by atoms with E-state index in [0.717, 1.165) is 24.0 Å². The van der Waals surface area contributed by atoms with Gasteiger partial charge in [0, 0.05) is 12.2 Å². The SMILES string of the molecule is CCCCNC(=O)c1cc(S(=O)(=O)Nc2ccc(C)c(C)c2)ccc1Cl. The van der Waals surface area contributed by atoms with Crippen LogP contribution in [0.1, 0.15) is 41.3 Å². The number of anilines is 1. The highest BCUT2D eigenvalue weighted by molar-refractivity contribution is 7.92. The van der Waals surface area contributed by atoms with Gasteiger partial charge >= 0.3 is 0 Å². The molecule has 1 amide bonds. The normalized spacial score (nSPS) is 11.2. The monoisotopic (exact) mass is 394 g/mol. The number of hydrogen-bond donors (Lipinski definition) is 2. The number of carbonyl (C=O) groups is 1. The van der Waals surface area contributed by atoms with Gasteiger partial charge in [-0.05, 0) is 61.7 Å². The second kappa shape index (κ2) is 8.56. The molecule has 0 aliphatic rings. The minimum Gasteiger partial charge on any atom is -0.352 e. The van der Waals surface area contributed by atoms with E-state index in [1.807, 2.05) is 26.8 Å². The van der Waals surface area contributed by atoms with Crippen LogP contribution in [-0.2, 0) is 10.0 Å². The zero-order valence-corrected chi connectivity index (χ0v) is 16.7. The van der Waals surface area contributed by atoms with Gasteiger partial charge in [0.25, 0.3) is 15.9 Å². The van der Waals surface area contributed by atoms with Crippen LogP contribution in [0.25, 0.3) is 0 Å². The van der Waals surface area contributed by atoms with Crippen LogP contribution >= 0.6 is 11.6 Å². The molecule has 0 aromatic heterocycles. The minimum atomic E-state index is -3.83. The first-order chi connectivity index (χ1) is 12.2. The molecule has 2 rings (SSSR count). The van der Waals surface area contributed by atoms with E-state index in [2.05, 4.69) is 10.0 Å². The highest BCUT2D eigenvalue weighted by Gasteiger charge is 2.19. The summed E-state index contributed by atoms with van der Waals surface area (Å²) < 4.78 is 27.9. The maximum absolute atomic E-state index is 12.7. The van der Waals surface area contributed by atoms with Crippen LogP contribution in [0.5, 0.6) is 0 Å². The fourth-order valence-electron chi connectivity index (χ4n) is 2.34. The average molecular weight is 395 g/mol. The van der Waals surface area contributed by atoms with Crippen LogP contribution < -0.4 is 10.0 Å². The predicted octanol–water partition coefficient (Wildman–Crippen LogP) is 4.29. The number of amides is 1. The number of aryl methyl sites for hydroxylation is 2. The summed E-state index contributed by atoms with van der Waals surface area (Å²) in [6.07, 6.45) is 1.79. The van der Waals surface area contributed by atoms with Crippen molar-refractivity contribution in [2.45, 2.75) is 38.5 Å². The Balaban J connectivity index is 2.27. The van der Waals surface area contributed by atoms with Gasteiger partial charge in [-0.2, -0.15) is 0 Å². The fraction of sp³-hybridized carbons (Fsp3) is 0.316. The van der Waals surface area contributed by atoms with Crippen molar-refractivity contribution in [3.8, 4) is 0 Å². The Kier molecular flexibility index (Phi) is 6.67. The van der Waals surface area contributed by atoms with Gasteiger partial charge in [0.15, 0.2) is 0 Å². The molecule has 140 valence electrons. The van der Waals surface area contributed by atoms with Crippen molar-refractivity contribution in [3.63, 3.8) is 0 Å². The van der Waals surface area contributed by atoms with Gasteiger partial charge in [-0.3, -0.25) is 9.52 Å². The lowest BCUT2D eigenvalue weighted by molar-refractivity contribution is 0.0953. The first kappa shape index (κ1) is 20.3. The van der Waals surface area contributed by atoms with Gasteiger partial charge in [0.1, 0.15) is 0 Å². The summed E-state index contributed by atoms with van der Waals surface area (Å²) in [6, 6.07) is 9.42. The summed E-state index contributed by atoms with van der Waals surface area (Å²) in [4.78, 5) is 12.2. The Morgan fingerprint density at radius 3 is 2.46 bits per heavy atom. The highest BCUT2D eigenvalue weighted by Crippen LogP contribution is 2.23. The van der Waals surface area contributed by atoms with Crippen molar-refractivity contribution in [1.29, 1.82) is 0 Å². The molecule has 0 bridgehead atoms. The summed E-state index contributed by atoms with van der Waals surface area (Å²) in [5, 5.41) is 2.96. The summed E-state index contributed by atoms with van der Waals surface area (Å²) >= 11 is 6.08. The van der Waals surface area contributed by atoms with Crippen LogP contribution in [0.4, 0.5) is 5.69 Å². The second-order valence-corrected chi connectivity index (χ2v) is 8.25. The van der Waals surface area contributed by atoms with Crippen molar-refractivity contribution in [3.05, 3.63) is 58.1 Å². The highest BCUT2D eigenvalue weighted by atomic mass is 35.5. The number of unbranched alkanes of at least 4 members (excludes halogenated alkanes) is 1. The van der Waals surface area contributed by atoms with Crippen LogP contribution in [0.15, 0.2) is 41.3 Å². The van der Waals surface area contributed by atoms with Crippen LogP contribution in [-0.4, -0.2) is 20.9 Å². The van der Waals surface area contributed by atoms with E-state index in [9.17, 15) is 13.2 Å². The molecule has 0 spiro atoms. The van der Waals surface area contributed by atoms with E-state index in [4.69, 9.17) is 11.6 Å². The molecule has 0 saturated carbocycles. The van der Waals surface area contributed by atoms with Crippen molar-refractivity contribution in [1.82, 2.24) is 5.32 Å². The number of halogens is 1. The van der Waals surface area contributed by atoms with Crippen molar-refractivity contribution in [2.75, 3.05) is 11.3 Å². The minimum absolute atomic E-state index is 0.0132. The number of hydrogen-bond acceptors (Lipinski definition) is 3. The topological polar surface area (TPSA) is 75.3 Å². The van der Waals surface area contributed by atoms with Crippen LogP contribution in [0.2, 0.25) is 5.02 Å². The molecule has 7 heteroatoms. The standard InChI is InChI=1S/C19H23ClN2O3S/c1-4-5-10-21-19(23)17-12-16(8-9-18(17)20)26(24,25)22-15-7-6-13(2)14(3)11-15/h6-9,11-12,22H,4-5,10H2,1-3H3,(H,21,23). The van der Waals surface area contributed by atoms with Gasteiger partial charge in [-0.25, -0.2) is 8.42 Å². The Morgan fingerprint density at radius 1 is 1.08 bits per heavy atom. The Bertz CT molecular complexity index is 911. The van der Waals surface area contributed by atoms with E-state index in [1.54, 1.807) is 12.1 Å². The van der Waals surface area contributed by atoms with E-state index in [1.165, 1.54) is 18.2 Å². The zero-order chi connectivity index (χ0) is 19.3.